The Morgan fingerprint density at radius 2 is 1.89 bits per heavy atom. The van der Waals surface area contributed by atoms with Crippen LogP contribution in [0.2, 0.25) is 0 Å². The summed E-state index contributed by atoms with van der Waals surface area (Å²) in [6.45, 7) is 14.0. The topological polar surface area (TPSA) is 76.0 Å². The molecule has 7 nitrogen and oxygen atoms in total. The summed E-state index contributed by atoms with van der Waals surface area (Å²) in [6.07, 6.45) is 3.99. The number of fused-ring (bicyclic) bond motifs is 2. The number of piperidine rings is 1. The molecule has 5 rings (SSSR count). The zero-order valence-electron chi connectivity index (χ0n) is 22.5. The summed E-state index contributed by atoms with van der Waals surface area (Å²) >= 11 is 0. The van der Waals surface area contributed by atoms with Crippen LogP contribution >= 0.6 is 0 Å². The van der Waals surface area contributed by atoms with Gasteiger partial charge in [-0.3, -0.25) is 4.79 Å². The van der Waals surface area contributed by atoms with E-state index in [2.05, 4.69) is 57.9 Å². The molecule has 1 aliphatic heterocycles. The molecule has 1 aromatic carbocycles. The van der Waals surface area contributed by atoms with Gasteiger partial charge in [0.1, 0.15) is 5.75 Å². The predicted octanol–water partition coefficient (Wildman–Crippen LogP) is 6.13. The fraction of sp³-hybridized carbons (Fsp3) is 0.483. The standard InChI is InChI=1S/C29H37N5O2/c1-17(2)25-15-22(26-18(3)32-34(27(26)31-25)29(4,5)6)28(35)33-12-10-19(11-13-33)23-16-30-24-9-8-20(36-7)14-21(23)24/h8-9,14-17,19,30H,10-13H2,1-7H3. The van der Waals surface area contributed by atoms with Crippen molar-refractivity contribution in [2.24, 2.45) is 0 Å². The monoisotopic (exact) mass is 487 g/mol. The van der Waals surface area contributed by atoms with Gasteiger partial charge >= 0.3 is 0 Å². The highest BCUT2D eigenvalue weighted by Gasteiger charge is 2.30. The lowest BCUT2D eigenvalue weighted by Crippen LogP contribution is -2.38. The number of likely N-dealkylation sites (tertiary alicyclic amines) is 1. The molecular formula is C29H37N5O2. The molecule has 0 bridgehead atoms. The minimum Gasteiger partial charge on any atom is -0.497 e. The summed E-state index contributed by atoms with van der Waals surface area (Å²) in [5.41, 5.74) is 5.52. The van der Waals surface area contributed by atoms with E-state index in [9.17, 15) is 4.79 Å². The number of aromatic nitrogens is 4. The van der Waals surface area contributed by atoms with Crippen molar-refractivity contribution in [3.63, 3.8) is 0 Å². The molecule has 1 fully saturated rings. The number of methoxy groups -OCH3 is 1. The third-order valence-electron chi connectivity index (χ3n) is 7.43. The average Bonchev–Trinajstić information content (AvgIpc) is 3.43. The molecule has 0 atom stereocenters. The predicted molar refractivity (Wildman–Crippen MR) is 144 cm³/mol. The van der Waals surface area contributed by atoms with Crippen LogP contribution in [0.5, 0.6) is 5.75 Å². The SMILES string of the molecule is COc1ccc2[nH]cc(C3CCN(C(=O)c4cc(C(C)C)nc5c4c(C)nn5C(C)(C)C)CC3)c2c1. The molecule has 0 spiro atoms. The van der Waals surface area contributed by atoms with Gasteiger partial charge in [-0.2, -0.15) is 5.10 Å². The molecule has 0 unspecified atom stereocenters. The highest BCUT2D eigenvalue weighted by Crippen LogP contribution is 2.36. The highest BCUT2D eigenvalue weighted by atomic mass is 16.5. The smallest absolute Gasteiger partial charge is 0.254 e. The van der Waals surface area contributed by atoms with E-state index < -0.39 is 0 Å². The fourth-order valence-corrected chi connectivity index (χ4v) is 5.39. The number of carbonyl (C=O) groups excluding carboxylic acids is 1. The summed E-state index contributed by atoms with van der Waals surface area (Å²) in [6, 6.07) is 8.15. The lowest BCUT2D eigenvalue weighted by Gasteiger charge is -2.32. The molecule has 7 heteroatoms. The molecule has 1 amide bonds. The number of hydrogen-bond acceptors (Lipinski definition) is 4. The molecule has 36 heavy (non-hydrogen) atoms. The van der Waals surface area contributed by atoms with Gasteiger partial charge in [0, 0.05) is 35.9 Å². The minimum absolute atomic E-state index is 0.0832. The first-order chi connectivity index (χ1) is 17.1. The van der Waals surface area contributed by atoms with Gasteiger partial charge in [-0.25, -0.2) is 9.67 Å². The normalized spacial score (nSPS) is 15.4. The van der Waals surface area contributed by atoms with Gasteiger partial charge < -0.3 is 14.6 Å². The number of aromatic amines is 1. The maximum absolute atomic E-state index is 13.9. The molecule has 4 aromatic rings. The van der Waals surface area contributed by atoms with Gasteiger partial charge in [0.25, 0.3) is 5.91 Å². The summed E-state index contributed by atoms with van der Waals surface area (Å²) in [4.78, 5) is 24.3. The number of hydrogen-bond donors (Lipinski definition) is 1. The number of benzene rings is 1. The van der Waals surface area contributed by atoms with Gasteiger partial charge in [0.15, 0.2) is 5.65 Å². The van der Waals surface area contributed by atoms with Crippen molar-refractivity contribution in [3.8, 4) is 5.75 Å². The Morgan fingerprint density at radius 3 is 2.53 bits per heavy atom. The van der Waals surface area contributed by atoms with Crippen LogP contribution in [0, 0.1) is 6.92 Å². The first kappa shape index (κ1) is 24.3. The first-order valence-corrected chi connectivity index (χ1v) is 12.9. The number of H-pyrrole nitrogens is 1. The van der Waals surface area contributed by atoms with Crippen LogP contribution < -0.4 is 4.74 Å². The van der Waals surface area contributed by atoms with Crippen LogP contribution in [0.4, 0.5) is 0 Å². The molecule has 3 aromatic heterocycles. The Kier molecular flexibility index (Phi) is 6.05. The van der Waals surface area contributed by atoms with E-state index in [0.29, 0.717) is 5.92 Å². The van der Waals surface area contributed by atoms with E-state index in [4.69, 9.17) is 14.8 Å². The van der Waals surface area contributed by atoms with Crippen molar-refractivity contribution >= 4 is 27.8 Å². The van der Waals surface area contributed by atoms with Crippen LogP contribution in [0.1, 0.15) is 86.6 Å². The van der Waals surface area contributed by atoms with Gasteiger partial charge in [0.2, 0.25) is 0 Å². The molecule has 1 aliphatic rings. The highest BCUT2D eigenvalue weighted by molar-refractivity contribution is 6.06. The molecule has 0 aliphatic carbocycles. The minimum atomic E-state index is -0.226. The lowest BCUT2D eigenvalue weighted by molar-refractivity contribution is 0.0715. The summed E-state index contributed by atoms with van der Waals surface area (Å²) in [5.74, 6) is 1.57. The number of nitrogens with one attached hydrogen (secondary N) is 1. The zero-order valence-corrected chi connectivity index (χ0v) is 22.5. The Morgan fingerprint density at radius 1 is 1.17 bits per heavy atom. The van der Waals surface area contributed by atoms with Crippen LogP contribution in [0.15, 0.2) is 30.5 Å². The van der Waals surface area contributed by atoms with E-state index >= 15 is 0 Å². The van der Waals surface area contributed by atoms with Crippen molar-refractivity contribution in [1.82, 2.24) is 24.6 Å². The number of aryl methyl sites for hydroxylation is 1. The van der Waals surface area contributed by atoms with E-state index in [1.165, 1.54) is 10.9 Å². The Labute approximate surface area is 212 Å². The first-order valence-electron chi connectivity index (χ1n) is 12.9. The number of amides is 1. The number of ether oxygens (including phenoxy) is 1. The third kappa shape index (κ3) is 4.14. The van der Waals surface area contributed by atoms with Crippen molar-refractivity contribution in [2.75, 3.05) is 20.2 Å². The second-order valence-electron chi connectivity index (χ2n) is 11.3. The lowest BCUT2D eigenvalue weighted by atomic mass is 9.88. The quantitative estimate of drug-likeness (QED) is 0.376. The maximum Gasteiger partial charge on any atom is 0.254 e. The van der Waals surface area contributed by atoms with Gasteiger partial charge in [-0.15, -0.1) is 0 Å². The van der Waals surface area contributed by atoms with Crippen LogP contribution in [-0.4, -0.2) is 50.8 Å². The Balaban J connectivity index is 1.45. The van der Waals surface area contributed by atoms with E-state index in [-0.39, 0.29) is 17.4 Å². The number of pyridine rings is 1. The van der Waals surface area contributed by atoms with Gasteiger partial charge in [0.05, 0.1) is 29.3 Å². The molecule has 190 valence electrons. The van der Waals surface area contributed by atoms with Crippen LogP contribution in [0.25, 0.3) is 21.9 Å². The molecule has 0 saturated carbocycles. The molecule has 1 N–H and O–H groups in total. The fourth-order valence-electron chi connectivity index (χ4n) is 5.39. The average molecular weight is 488 g/mol. The van der Waals surface area contributed by atoms with Crippen molar-refractivity contribution in [2.45, 2.75) is 71.8 Å². The van der Waals surface area contributed by atoms with E-state index in [1.54, 1.807) is 7.11 Å². The second-order valence-corrected chi connectivity index (χ2v) is 11.3. The zero-order chi connectivity index (χ0) is 25.8. The Bertz CT molecular complexity index is 1430. The van der Waals surface area contributed by atoms with Crippen molar-refractivity contribution in [3.05, 3.63) is 53.0 Å². The van der Waals surface area contributed by atoms with Crippen molar-refractivity contribution < 1.29 is 9.53 Å². The molecular weight excluding hydrogens is 450 g/mol. The Hall–Kier alpha value is -3.35. The third-order valence-corrected chi connectivity index (χ3v) is 7.43. The summed E-state index contributed by atoms with van der Waals surface area (Å²) in [7, 11) is 1.70. The number of rotatable bonds is 4. The largest absolute Gasteiger partial charge is 0.497 e. The number of nitrogens with zero attached hydrogens (tertiary/aromatic N) is 4. The second kappa shape index (κ2) is 8.95. The summed E-state index contributed by atoms with van der Waals surface area (Å²) < 4.78 is 7.42. The van der Waals surface area contributed by atoms with Gasteiger partial charge in [-0.05, 0) is 82.2 Å². The van der Waals surface area contributed by atoms with Gasteiger partial charge in [-0.1, -0.05) is 13.8 Å². The molecule has 0 radical (unpaired) electrons. The summed E-state index contributed by atoms with van der Waals surface area (Å²) in [5, 5.41) is 6.90. The maximum atomic E-state index is 13.9. The molecule has 1 saturated heterocycles. The van der Waals surface area contributed by atoms with E-state index in [1.807, 2.05) is 28.6 Å². The van der Waals surface area contributed by atoms with E-state index in [0.717, 1.165) is 65.2 Å². The van der Waals surface area contributed by atoms with Crippen molar-refractivity contribution in [1.29, 1.82) is 0 Å². The van der Waals surface area contributed by atoms with Crippen LogP contribution in [0.3, 0.4) is 0 Å². The molecule has 4 heterocycles. The van der Waals surface area contributed by atoms with Crippen LogP contribution in [-0.2, 0) is 5.54 Å². The number of carbonyl (C=O) groups is 1.